The van der Waals surface area contributed by atoms with Gasteiger partial charge in [0.1, 0.15) is 23.3 Å². The van der Waals surface area contributed by atoms with Gasteiger partial charge in [-0.2, -0.15) is 13.7 Å². The van der Waals surface area contributed by atoms with Gasteiger partial charge in [0.05, 0.1) is 21.5 Å². The Hall–Kier alpha value is -3.11. The van der Waals surface area contributed by atoms with Gasteiger partial charge in [-0.05, 0) is 25.1 Å². The van der Waals surface area contributed by atoms with Crippen LogP contribution in [0.2, 0.25) is 0 Å². The average molecular weight is 542 g/mol. The molecule has 2 aromatic heterocycles. The van der Waals surface area contributed by atoms with Crippen LogP contribution in [0, 0.1) is 18.3 Å². The quantitative estimate of drug-likeness (QED) is 0.0552. The Labute approximate surface area is 207 Å². The number of anilines is 2. The molecule has 5 N–H and O–H groups in total. The molecule has 0 amide bonds. The first-order valence-corrected chi connectivity index (χ1v) is 13.0. The van der Waals surface area contributed by atoms with E-state index in [-0.39, 0.29) is 41.7 Å². The van der Waals surface area contributed by atoms with Crippen molar-refractivity contribution in [3.8, 4) is 11.8 Å². The van der Waals surface area contributed by atoms with E-state index in [9.17, 15) is 18.8 Å². The number of benzene rings is 1. The third-order valence-electron chi connectivity index (χ3n) is 4.33. The van der Waals surface area contributed by atoms with Gasteiger partial charge in [-0.25, -0.2) is 15.2 Å². The van der Waals surface area contributed by atoms with Crippen molar-refractivity contribution < 1.29 is 32.7 Å². The molecule has 0 saturated carbocycles. The molecule has 0 fully saturated rings. The minimum atomic E-state index is -4.21. The topological polar surface area (TPSA) is 212 Å². The molecule has 186 valence electrons. The van der Waals surface area contributed by atoms with Gasteiger partial charge in [0, 0.05) is 36.4 Å². The van der Waals surface area contributed by atoms with Crippen molar-refractivity contribution in [2.24, 2.45) is 10.2 Å². The Bertz CT molecular complexity index is 1370. The highest BCUT2D eigenvalue weighted by atomic mass is 32.2. The summed E-state index contributed by atoms with van der Waals surface area (Å²) in [7, 11) is -4.21. The van der Waals surface area contributed by atoms with Gasteiger partial charge >= 0.3 is 0 Å². The second kappa shape index (κ2) is 12.0. The lowest BCUT2D eigenvalue weighted by Crippen LogP contribution is -2.17. The van der Waals surface area contributed by atoms with E-state index < -0.39 is 15.9 Å². The summed E-state index contributed by atoms with van der Waals surface area (Å²) >= 11 is 2.03. The SMILES string of the molecule is Cc1c(C#N)c(NCCS(=O)(=O)O)nc(NCCSOOO)c1N=Nc1nc2ccc(O)cc2s1. The molecule has 35 heavy (non-hydrogen) atoms. The summed E-state index contributed by atoms with van der Waals surface area (Å²) in [6, 6.07) is 6.73. The number of nitrogens with one attached hydrogen (secondary N) is 2. The Morgan fingerprint density at radius 2 is 2.00 bits per heavy atom. The average Bonchev–Trinajstić information content (AvgIpc) is 3.19. The van der Waals surface area contributed by atoms with Gasteiger partial charge in [-0.3, -0.25) is 4.55 Å². The number of phenolic OH excluding ortho intramolecular Hbond substituents is 1. The van der Waals surface area contributed by atoms with Crippen molar-refractivity contribution in [3.63, 3.8) is 0 Å². The highest BCUT2D eigenvalue weighted by Crippen LogP contribution is 2.36. The number of hydrogen-bond donors (Lipinski definition) is 5. The van der Waals surface area contributed by atoms with Gasteiger partial charge in [-0.15, -0.1) is 14.6 Å². The molecule has 0 spiro atoms. The largest absolute Gasteiger partial charge is 0.508 e. The minimum absolute atomic E-state index is 0.0909. The number of fused-ring (bicyclic) bond motifs is 1. The summed E-state index contributed by atoms with van der Waals surface area (Å²) < 4.78 is 36.0. The molecule has 0 saturated heterocycles. The second-order valence-electron chi connectivity index (χ2n) is 6.72. The Balaban J connectivity index is 1.94. The molecule has 3 rings (SSSR count). The number of hydrogen-bond acceptors (Lipinski definition) is 15. The maximum absolute atomic E-state index is 11.0. The molecule has 1 aromatic carbocycles. The van der Waals surface area contributed by atoms with Gasteiger partial charge in [0.15, 0.2) is 5.82 Å². The van der Waals surface area contributed by atoms with Crippen molar-refractivity contribution in [2.45, 2.75) is 6.92 Å². The molecule has 0 aliphatic carbocycles. The first-order chi connectivity index (χ1) is 16.7. The monoisotopic (exact) mass is 541 g/mol. The predicted molar refractivity (Wildman–Crippen MR) is 130 cm³/mol. The Kier molecular flexibility index (Phi) is 9.11. The third-order valence-corrected chi connectivity index (χ3v) is 6.48. The van der Waals surface area contributed by atoms with Crippen molar-refractivity contribution in [1.29, 1.82) is 5.26 Å². The van der Waals surface area contributed by atoms with Crippen LogP contribution in [0.15, 0.2) is 28.4 Å². The standard InChI is InChI=1S/C18H19N7O7S3/c1-10-12(9-19)16(21-5-7-35(28,29)30)23-17(20-4-6-33-32-31-27)15(10)24-25-18-22-13-3-2-11(26)8-14(13)34-18/h2-3,8,26-27H,4-7H2,1H3,(H2,20,21,23)(H,28,29,30). The van der Waals surface area contributed by atoms with Crippen LogP contribution in [0.4, 0.5) is 22.5 Å². The lowest BCUT2D eigenvalue weighted by atomic mass is 10.1. The van der Waals surface area contributed by atoms with Gasteiger partial charge < -0.3 is 15.7 Å². The fraction of sp³-hybridized carbons (Fsp3) is 0.278. The van der Waals surface area contributed by atoms with Crippen LogP contribution in [-0.2, 0) is 19.5 Å². The summed E-state index contributed by atoms with van der Waals surface area (Å²) in [6.07, 6.45) is 0. The van der Waals surface area contributed by atoms with Gasteiger partial charge in [-0.1, -0.05) is 16.4 Å². The number of nitrogens with zero attached hydrogens (tertiary/aromatic N) is 5. The van der Waals surface area contributed by atoms with Crippen molar-refractivity contribution >= 4 is 66.2 Å². The normalized spacial score (nSPS) is 11.7. The summed E-state index contributed by atoms with van der Waals surface area (Å²) in [5.74, 6) is 0.160. The summed E-state index contributed by atoms with van der Waals surface area (Å²) in [5, 5.41) is 45.5. The predicted octanol–water partition coefficient (Wildman–Crippen LogP) is 3.77. The zero-order valence-corrected chi connectivity index (χ0v) is 20.4. The molecule has 0 bridgehead atoms. The van der Waals surface area contributed by atoms with Crippen LogP contribution in [0.25, 0.3) is 10.2 Å². The lowest BCUT2D eigenvalue weighted by Gasteiger charge is -2.15. The van der Waals surface area contributed by atoms with E-state index in [0.29, 0.717) is 26.7 Å². The van der Waals surface area contributed by atoms with Crippen LogP contribution in [0.1, 0.15) is 11.1 Å². The highest BCUT2D eigenvalue weighted by Gasteiger charge is 2.18. The molecule has 3 aromatic rings. The van der Waals surface area contributed by atoms with E-state index in [2.05, 4.69) is 40.2 Å². The number of aromatic nitrogens is 2. The third kappa shape index (κ3) is 7.43. The molecule has 0 unspecified atom stereocenters. The summed E-state index contributed by atoms with van der Waals surface area (Å²) in [4.78, 5) is 8.69. The minimum Gasteiger partial charge on any atom is -0.508 e. The van der Waals surface area contributed by atoms with Crippen molar-refractivity contribution in [2.75, 3.05) is 35.2 Å². The molecular formula is C18H19N7O7S3. The van der Waals surface area contributed by atoms with Gasteiger partial charge in [0.2, 0.25) is 5.13 Å². The van der Waals surface area contributed by atoms with E-state index in [1.54, 1.807) is 19.1 Å². The maximum Gasteiger partial charge on any atom is 0.266 e. The Morgan fingerprint density at radius 3 is 2.71 bits per heavy atom. The van der Waals surface area contributed by atoms with E-state index in [0.717, 1.165) is 12.0 Å². The van der Waals surface area contributed by atoms with E-state index in [1.807, 2.05) is 6.07 Å². The molecule has 14 nitrogen and oxygen atoms in total. The van der Waals surface area contributed by atoms with Gasteiger partial charge in [0.25, 0.3) is 10.1 Å². The highest BCUT2D eigenvalue weighted by molar-refractivity contribution is 7.94. The fourth-order valence-corrected chi connectivity index (χ4v) is 4.28. The number of rotatable bonds is 12. The van der Waals surface area contributed by atoms with E-state index in [4.69, 9.17) is 9.81 Å². The summed E-state index contributed by atoms with van der Waals surface area (Å²) in [6.45, 7) is 1.72. The van der Waals surface area contributed by atoms with Crippen LogP contribution < -0.4 is 10.6 Å². The molecule has 0 aliphatic rings. The van der Waals surface area contributed by atoms with E-state index in [1.165, 1.54) is 17.4 Å². The Morgan fingerprint density at radius 1 is 1.23 bits per heavy atom. The number of pyridine rings is 1. The first kappa shape index (κ1) is 26.5. The maximum atomic E-state index is 11.0. The van der Waals surface area contributed by atoms with Crippen LogP contribution >= 0.6 is 23.4 Å². The lowest BCUT2D eigenvalue weighted by molar-refractivity contribution is -0.432. The van der Waals surface area contributed by atoms with Crippen LogP contribution in [0.3, 0.4) is 0 Å². The van der Waals surface area contributed by atoms with Crippen molar-refractivity contribution in [3.05, 3.63) is 29.3 Å². The van der Waals surface area contributed by atoms with Crippen LogP contribution in [-0.4, -0.2) is 57.9 Å². The first-order valence-electron chi connectivity index (χ1n) is 9.70. The summed E-state index contributed by atoms with van der Waals surface area (Å²) in [5.41, 5.74) is 1.40. The zero-order chi connectivity index (χ0) is 25.4. The number of azo groups is 1. The number of aromatic hydroxyl groups is 1. The smallest absolute Gasteiger partial charge is 0.266 e. The molecule has 2 heterocycles. The molecule has 0 atom stereocenters. The van der Waals surface area contributed by atoms with Crippen LogP contribution in [0.5, 0.6) is 5.75 Å². The number of nitriles is 1. The molecular weight excluding hydrogens is 522 g/mol. The molecule has 17 heteroatoms. The number of thiazole rings is 1. The number of phenols is 1. The van der Waals surface area contributed by atoms with E-state index >= 15 is 0 Å². The van der Waals surface area contributed by atoms with Crippen molar-refractivity contribution in [1.82, 2.24) is 9.97 Å². The second-order valence-corrected chi connectivity index (χ2v) is 10.1. The molecule has 0 radical (unpaired) electrons. The fourth-order valence-electron chi connectivity index (χ4n) is 2.81. The molecule has 0 aliphatic heterocycles. The zero-order valence-electron chi connectivity index (χ0n) is 18.0.